The molecule has 14 nitrogen and oxygen atoms in total. The van der Waals surface area contributed by atoms with Crippen LogP contribution < -0.4 is 35.7 Å². The van der Waals surface area contributed by atoms with Crippen molar-refractivity contribution in [1.82, 2.24) is 4.98 Å². The van der Waals surface area contributed by atoms with Crippen molar-refractivity contribution in [3.8, 4) is 46.3 Å². The minimum absolute atomic E-state index is 0.00998. The van der Waals surface area contributed by atoms with Gasteiger partial charge in [-0.25, -0.2) is 4.79 Å². The zero-order valence-electron chi connectivity index (χ0n) is 24.1. The molecule has 0 saturated heterocycles. The number of esters is 1. The minimum Gasteiger partial charge on any atom is -0.504 e. The SMILES string of the molecule is COc1cc(C(=O)OCCCO)ccc1Oc1c(F)c(Oc2cccc(NC(=N)N)c2)nc(Oc2cc(C(=N)N)ccc2O)c1F. The summed E-state index contributed by atoms with van der Waals surface area (Å²) in [5.74, 6) is -8.34. The molecule has 0 spiro atoms. The highest BCUT2D eigenvalue weighted by Crippen LogP contribution is 2.43. The number of pyridine rings is 1. The number of aliphatic hydroxyl groups is 1. The molecule has 46 heavy (non-hydrogen) atoms. The lowest BCUT2D eigenvalue weighted by Gasteiger charge is -2.17. The second-order valence-electron chi connectivity index (χ2n) is 9.23. The third-order valence-electron chi connectivity index (χ3n) is 5.93. The molecule has 4 rings (SSSR count). The quantitative estimate of drug-likeness (QED) is 0.0462. The average molecular weight is 639 g/mol. The van der Waals surface area contributed by atoms with Crippen LogP contribution in [0.4, 0.5) is 14.5 Å². The summed E-state index contributed by atoms with van der Waals surface area (Å²) in [7, 11) is 1.23. The Balaban J connectivity index is 1.78. The third kappa shape index (κ3) is 7.86. The number of nitrogens with two attached hydrogens (primary N) is 2. The van der Waals surface area contributed by atoms with Crippen LogP contribution in [-0.2, 0) is 4.74 Å². The van der Waals surface area contributed by atoms with Crippen LogP contribution in [0.1, 0.15) is 22.3 Å². The average Bonchev–Trinajstić information content (AvgIpc) is 3.02. The first-order valence-corrected chi connectivity index (χ1v) is 13.3. The summed E-state index contributed by atoms with van der Waals surface area (Å²) in [6, 6.07) is 13.1. The number of rotatable bonds is 13. The lowest BCUT2D eigenvalue weighted by atomic mass is 10.2. The number of aromatic hydroxyl groups is 1. The molecule has 3 aromatic carbocycles. The van der Waals surface area contributed by atoms with Gasteiger partial charge < -0.3 is 50.7 Å². The van der Waals surface area contributed by atoms with E-state index in [0.29, 0.717) is 5.69 Å². The lowest BCUT2D eigenvalue weighted by molar-refractivity contribution is 0.0481. The van der Waals surface area contributed by atoms with Crippen LogP contribution in [0.15, 0.2) is 60.7 Å². The molecule has 0 amide bonds. The number of ether oxygens (including phenoxy) is 5. The van der Waals surface area contributed by atoms with Crippen molar-refractivity contribution in [3.05, 3.63) is 83.4 Å². The highest BCUT2D eigenvalue weighted by Gasteiger charge is 2.28. The maximum Gasteiger partial charge on any atom is 0.338 e. The monoisotopic (exact) mass is 638 g/mol. The van der Waals surface area contributed by atoms with Crippen molar-refractivity contribution < 1.29 is 47.5 Å². The largest absolute Gasteiger partial charge is 0.504 e. The Bertz CT molecular complexity index is 1790. The van der Waals surface area contributed by atoms with Crippen molar-refractivity contribution in [2.24, 2.45) is 11.5 Å². The van der Waals surface area contributed by atoms with Crippen molar-refractivity contribution in [3.63, 3.8) is 0 Å². The molecular formula is C30H28F2N6O8. The number of aliphatic hydroxyl groups excluding tert-OH is 1. The van der Waals surface area contributed by atoms with Crippen LogP contribution in [0, 0.1) is 22.5 Å². The maximum absolute atomic E-state index is 15.9. The Kier molecular flexibility index (Phi) is 10.4. The number of nitrogen functional groups attached to an aromatic ring is 1. The Morgan fingerprint density at radius 3 is 2.28 bits per heavy atom. The molecule has 16 heteroatoms. The van der Waals surface area contributed by atoms with E-state index >= 15 is 8.78 Å². The summed E-state index contributed by atoms with van der Waals surface area (Å²) in [5.41, 5.74) is 11.4. The van der Waals surface area contributed by atoms with E-state index in [0.717, 1.165) is 12.1 Å². The third-order valence-corrected chi connectivity index (χ3v) is 5.93. The van der Waals surface area contributed by atoms with Gasteiger partial charge in [-0.3, -0.25) is 10.8 Å². The molecule has 0 fully saturated rings. The maximum atomic E-state index is 15.9. The van der Waals surface area contributed by atoms with Gasteiger partial charge in [0.1, 0.15) is 11.6 Å². The van der Waals surface area contributed by atoms with Gasteiger partial charge in [0.15, 0.2) is 29.0 Å². The molecule has 1 aromatic heterocycles. The van der Waals surface area contributed by atoms with E-state index in [-0.39, 0.29) is 65.6 Å². The number of guanidine groups is 1. The summed E-state index contributed by atoms with van der Waals surface area (Å²) in [6.07, 6.45) is 0.230. The van der Waals surface area contributed by atoms with Crippen molar-refractivity contribution in [2.45, 2.75) is 6.42 Å². The zero-order chi connectivity index (χ0) is 33.4. The van der Waals surface area contributed by atoms with Gasteiger partial charge in [-0.1, -0.05) is 6.07 Å². The van der Waals surface area contributed by atoms with E-state index in [1.807, 2.05) is 0 Å². The Morgan fingerprint density at radius 1 is 0.913 bits per heavy atom. The number of hydrogen-bond donors (Lipinski definition) is 7. The second kappa shape index (κ2) is 14.5. The first kappa shape index (κ1) is 32.7. The molecule has 240 valence electrons. The van der Waals surface area contributed by atoms with E-state index in [4.69, 9.17) is 51.1 Å². The van der Waals surface area contributed by atoms with Gasteiger partial charge in [0, 0.05) is 30.3 Å². The molecule has 0 unspecified atom stereocenters. The van der Waals surface area contributed by atoms with Gasteiger partial charge in [0.25, 0.3) is 11.8 Å². The fourth-order valence-corrected chi connectivity index (χ4v) is 3.78. The predicted molar refractivity (Wildman–Crippen MR) is 160 cm³/mol. The van der Waals surface area contributed by atoms with Crippen LogP contribution in [-0.4, -0.2) is 53.3 Å². The molecule has 0 bridgehead atoms. The van der Waals surface area contributed by atoms with Gasteiger partial charge in [-0.05, 0) is 48.5 Å². The number of phenols is 1. The number of methoxy groups -OCH3 is 1. The molecule has 0 radical (unpaired) electrons. The smallest absolute Gasteiger partial charge is 0.338 e. The Labute approximate surface area is 260 Å². The normalized spacial score (nSPS) is 10.5. The van der Waals surface area contributed by atoms with Crippen LogP contribution in [0.5, 0.6) is 46.3 Å². The number of carbonyl (C=O) groups excluding carboxylic acids is 1. The van der Waals surface area contributed by atoms with E-state index in [2.05, 4.69) is 10.3 Å². The number of nitrogens with one attached hydrogen (secondary N) is 3. The number of aromatic nitrogens is 1. The van der Waals surface area contributed by atoms with Crippen LogP contribution >= 0.6 is 0 Å². The summed E-state index contributed by atoms with van der Waals surface area (Å²) in [4.78, 5) is 16.2. The van der Waals surface area contributed by atoms with Crippen LogP contribution in [0.3, 0.4) is 0 Å². The highest BCUT2D eigenvalue weighted by atomic mass is 19.1. The van der Waals surface area contributed by atoms with E-state index < -0.39 is 40.9 Å². The fourth-order valence-electron chi connectivity index (χ4n) is 3.78. The van der Waals surface area contributed by atoms with Gasteiger partial charge in [-0.15, -0.1) is 0 Å². The number of phenolic OH excluding ortho intramolecular Hbond substituents is 1. The van der Waals surface area contributed by atoms with Gasteiger partial charge in [-0.2, -0.15) is 13.8 Å². The summed E-state index contributed by atoms with van der Waals surface area (Å²) in [6.45, 7) is -0.208. The molecule has 0 aliphatic rings. The number of nitrogens with zero attached hydrogens (tertiary/aromatic N) is 1. The Hall–Kier alpha value is -6.16. The van der Waals surface area contributed by atoms with Crippen molar-refractivity contribution in [2.75, 3.05) is 25.6 Å². The van der Waals surface area contributed by atoms with Crippen LogP contribution in [0.2, 0.25) is 0 Å². The van der Waals surface area contributed by atoms with Crippen molar-refractivity contribution in [1.29, 1.82) is 10.8 Å². The second-order valence-corrected chi connectivity index (χ2v) is 9.23. The highest BCUT2D eigenvalue weighted by molar-refractivity contribution is 5.95. The molecule has 0 aliphatic carbocycles. The molecule has 0 aliphatic heterocycles. The van der Waals surface area contributed by atoms with E-state index in [9.17, 15) is 9.90 Å². The van der Waals surface area contributed by atoms with Gasteiger partial charge in [0.05, 0.1) is 19.3 Å². The topological polar surface area (TPSA) is 228 Å². The lowest BCUT2D eigenvalue weighted by Crippen LogP contribution is -2.20. The zero-order valence-corrected chi connectivity index (χ0v) is 24.1. The molecule has 4 aromatic rings. The van der Waals surface area contributed by atoms with Crippen molar-refractivity contribution >= 4 is 23.5 Å². The number of amidine groups is 1. The molecular weight excluding hydrogens is 610 g/mol. The molecule has 0 saturated carbocycles. The fraction of sp³-hybridized carbons (Fsp3) is 0.133. The number of hydrogen-bond acceptors (Lipinski definition) is 11. The van der Waals surface area contributed by atoms with Gasteiger partial charge in [0.2, 0.25) is 17.4 Å². The summed E-state index contributed by atoms with van der Waals surface area (Å²) in [5, 5.41) is 36.8. The standard InChI is InChI=1S/C30H28F2N6O8/c1-42-22-13-16(29(41)43-11-3-10-39)7-9-20(22)45-25-23(31)27(44-18-5-2-4-17(14-18)37-30(35)36)38-28(24(25)32)46-21-12-15(26(33)34)6-8-19(21)40/h2,4-9,12-14,39-40H,3,10-11H2,1H3,(H3,33,34)(H4,35,36,37). The van der Waals surface area contributed by atoms with E-state index in [1.165, 1.54) is 49.6 Å². The van der Waals surface area contributed by atoms with Gasteiger partial charge >= 0.3 is 5.97 Å². The van der Waals surface area contributed by atoms with E-state index in [1.54, 1.807) is 6.07 Å². The molecule has 9 N–H and O–H groups in total. The summed E-state index contributed by atoms with van der Waals surface area (Å²) < 4.78 is 58.8. The molecule has 1 heterocycles. The van der Waals surface area contributed by atoms with Crippen LogP contribution in [0.25, 0.3) is 0 Å². The number of carbonyl (C=O) groups is 1. The first-order valence-electron chi connectivity index (χ1n) is 13.3. The summed E-state index contributed by atoms with van der Waals surface area (Å²) >= 11 is 0. The number of benzene rings is 3. The molecule has 0 atom stereocenters. The predicted octanol–water partition coefficient (Wildman–Crippen LogP) is 4.58. The number of anilines is 1. The first-order chi connectivity index (χ1) is 22.0. The minimum atomic E-state index is -1.46. The number of halogens is 2. The Morgan fingerprint density at radius 2 is 1.61 bits per heavy atom.